The number of rotatable bonds is 3. The van der Waals surface area contributed by atoms with Crippen LogP contribution in [0.1, 0.15) is 12.8 Å². The molecule has 0 aromatic heterocycles. The lowest BCUT2D eigenvalue weighted by Crippen LogP contribution is -2.66. The molecule has 1 spiro atoms. The first-order chi connectivity index (χ1) is 6.26. The first-order valence-electron chi connectivity index (χ1n) is 5.17. The Kier molecular flexibility index (Phi) is 1.56. The Labute approximate surface area is 78.7 Å². The molecule has 2 saturated heterocycles. The van der Waals surface area contributed by atoms with Gasteiger partial charge in [-0.15, -0.1) is 0 Å². The maximum Gasteiger partial charge on any atom is 0.0569 e. The van der Waals surface area contributed by atoms with Crippen molar-refractivity contribution in [2.75, 3.05) is 39.5 Å². The molecule has 3 heteroatoms. The average molecular weight is 183 g/mol. The molecule has 3 rings (SSSR count). The highest BCUT2D eigenvalue weighted by atomic mass is 16.5. The molecule has 1 saturated carbocycles. The summed E-state index contributed by atoms with van der Waals surface area (Å²) >= 11 is 0. The Morgan fingerprint density at radius 2 is 1.92 bits per heavy atom. The highest BCUT2D eigenvalue weighted by Gasteiger charge is 2.52. The minimum Gasteiger partial charge on any atom is -0.396 e. The molecule has 0 unspecified atom stereocenters. The summed E-state index contributed by atoms with van der Waals surface area (Å²) in [5, 5.41) is 9.17. The van der Waals surface area contributed by atoms with Crippen molar-refractivity contribution in [1.82, 2.24) is 4.90 Å². The molecule has 0 amide bonds. The molecule has 0 atom stereocenters. The first-order valence-corrected chi connectivity index (χ1v) is 5.17. The molecule has 0 aromatic rings. The zero-order chi connectivity index (χ0) is 8.94. The maximum absolute atomic E-state index is 9.17. The fourth-order valence-electron chi connectivity index (χ4n) is 2.60. The van der Waals surface area contributed by atoms with E-state index in [2.05, 4.69) is 4.90 Å². The quantitative estimate of drug-likeness (QED) is 0.673. The van der Waals surface area contributed by atoms with Gasteiger partial charge in [0.15, 0.2) is 0 Å². The number of hydrogen-bond acceptors (Lipinski definition) is 3. The van der Waals surface area contributed by atoms with Gasteiger partial charge in [0.05, 0.1) is 13.2 Å². The number of aliphatic hydroxyl groups is 1. The van der Waals surface area contributed by atoms with Crippen molar-refractivity contribution < 1.29 is 9.84 Å². The van der Waals surface area contributed by atoms with E-state index < -0.39 is 0 Å². The third-order valence-corrected chi connectivity index (χ3v) is 3.79. The zero-order valence-corrected chi connectivity index (χ0v) is 7.96. The number of likely N-dealkylation sites (tertiary alicyclic amines) is 1. The second-order valence-corrected chi connectivity index (χ2v) is 5.30. The van der Waals surface area contributed by atoms with Crippen LogP contribution in [-0.2, 0) is 4.74 Å². The molecule has 3 nitrogen and oxygen atoms in total. The summed E-state index contributed by atoms with van der Waals surface area (Å²) in [5.41, 5.74) is 0.831. The van der Waals surface area contributed by atoms with E-state index in [4.69, 9.17) is 4.74 Å². The van der Waals surface area contributed by atoms with E-state index in [0.29, 0.717) is 17.4 Å². The molecule has 1 aliphatic carbocycles. The van der Waals surface area contributed by atoms with Crippen LogP contribution in [0.5, 0.6) is 0 Å². The lowest BCUT2D eigenvalue weighted by molar-refractivity contribution is -0.192. The van der Waals surface area contributed by atoms with Gasteiger partial charge in [0.1, 0.15) is 0 Å². The normalized spacial score (nSPS) is 33.9. The van der Waals surface area contributed by atoms with Crippen molar-refractivity contribution in [3.8, 4) is 0 Å². The Bertz CT molecular complexity index is 213. The van der Waals surface area contributed by atoms with E-state index in [-0.39, 0.29) is 0 Å². The number of nitrogens with zero attached hydrogens (tertiary/aromatic N) is 1. The molecule has 0 aromatic carbocycles. The molecule has 1 N–H and O–H groups in total. The van der Waals surface area contributed by atoms with Crippen LogP contribution in [0, 0.1) is 10.8 Å². The minimum atomic E-state index is 0.298. The number of aliphatic hydroxyl groups excluding tert-OH is 1. The van der Waals surface area contributed by atoms with Crippen LogP contribution in [0.2, 0.25) is 0 Å². The van der Waals surface area contributed by atoms with E-state index in [1.54, 1.807) is 0 Å². The molecule has 74 valence electrons. The van der Waals surface area contributed by atoms with Crippen LogP contribution in [-0.4, -0.2) is 49.5 Å². The van der Waals surface area contributed by atoms with E-state index >= 15 is 0 Å². The van der Waals surface area contributed by atoms with E-state index in [0.717, 1.165) is 19.8 Å². The van der Waals surface area contributed by atoms with E-state index in [1.165, 1.54) is 25.9 Å². The number of hydrogen-bond donors (Lipinski definition) is 1. The third kappa shape index (κ3) is 1.22. The highest BCUT2D eigenvalue weighted by molar-refractivity contribution is 5.04. The van der Waals surface area contributed by atoms with Gasteiger partial charge in [0, 0.05) is 37.1 Å². The second kappa shape index (κ2) is 2.47. The van der Waals surface area contributed by atoms with E-state index in [1.807, 2.05) is 0 Å². The Hall–Kier alpha value is -0.120. The van der Waals surface area contributed by atoms with Crippen LogP contribution in [0.15, 0.2) is 0 Å². The smallest absolute Gasteiger partial charge is 0.0569 e. The summed E-state index contributed by atoms with van der Waals surface area (Å²) < 4.78 is 5.22. The van der Waals surface area contributed by atoms with Gasteiger partial charge in [-0.05, 0) is 12.8 Å². The summed E-state index contributed by atoms with van der Waals surface area (Å²) in [6.45, 7) is 5.84. The molecule has 3 fully saturated rings. The molecular formula is C10H17NO2. The van der Waals surface area contributed by atoms with Crippen LogP contribution >= 0.6 is 0 Å². The fourth-order valence-corrected chi connectivity index (χ4v) is 2.60. The Morgan fingerprint density at radius 3 is 2.31 bits per heavy atom. The van der Waals surface area contributed by atoms with Crippen molar-refractivity contribution in [2.45, 2.75) is 12.8 Å². The summed E-state index contributed by atoms with van der Waals surface area (Å²) in [7, 11) is 0. The summed E-state index contributed by atoms with van der Waals surface area (Å²) in [6.07, 6.45) is 2.45. The first kappa shape index (κ1) is 8.21. The van der Waals surface area contributed by atoms with Gasteiger partial charge >= 0.3 is 0 Å². The molecule has 0 radical (unpaired) electrons. The fraction of sp³-hybridized carbons (Fsp3) is 1.00. The van der Waals surface area contributed by atoms with Gasteiger partial charge in [-0.3, -0.25) is 0 Å². The molecule has 3 aliphatic rings. The van der Waals surface area contributed by atoms with Crippen LogP contribution in [0.25, 0.3) is 0 Å². The second-order valence-electron chi connectivity index (χ2n) is 5.30. The van der Waals surface area contributed by atoms with Gasteiger partial charge in [-0.25, -0.2) is 0 Å². The standard InChI is InChI=1S/C10H17NO2/c12-6-9(1-2-9)3-11-4-10(5-11)7-13-8-10/h12H,1-8H2. The summed E-state index contributed by atoms with van der Waals surface area (Å²) in [4.78, 5) is 2.48. The Morgan fingerprint density at radius 1 is 1.23 bits per heavy atom. The van der Waals surface area contributed by atoms with Gasteiger partial charge in [-0.1, -0.05) is 0 Å². The summed E-state index contributed by atoms with van der Waals surface area (Å²) in [5.74, 6) is 0. The number of ether oxygens (including phenoxy) is 1. The topological polar surface area (TPSA) is 32.7 Å². The van der Waals surface area contributed by atoms with E-state index in [9.17, 15) is 5.11 Å². The van der Waals surface area contributed by atoms with Gasteiger partial charge in [0.25, 0.3) is 0 Å². The lowest BCUT2D eigenvalue weighted by Gasteiger charge is -2.55. The molecule has 2 heterocycles. The van der Waals surface area contributed by atoms with Gasteiger partial charge in [-0.2, -0.15) is 0 Å². The molecule has 2 aliphatic heterocycles. The minimum absolute atomic E-state index is 0.298. The third-order valence-electron chi connectivity index (χ3n) is 3.79. The maximum atomic E-state index is 9.17. The Balaban J connectivity index is 1.49. The van der Waals surface area contributed by atoms with Crippen molar-refractivity contribution in [3.63, 3.8) is 0 Å². The predicted octanol–water partition coefficient (Wildman–Crippen LogP) is 0.0911. The van der Waals surface area contributed by atoms with Crippen molar-refractivity contribution in [1.29, 1.82) is 0 Å². The van der Waals surface area contributed by atoms with Gasteiger partial charge in [0.2, 0.25) is 0 Å². The SMILES string of the molecule is OCC1(CN2CC3(COC3)C2)CC1. The van der Waals surface area contributed by atoms with Crippen LogP contribution < -0.4 is 0 Å². The summed E-state index contributed by atoms with van der Waals surface area (Å²) in [6, 6.07) is 0. The monoisotopic (exact) mass is 183 g/mol. The predicted molar refractivity (Wildman–Crippen MR) is 48.4 cm³/mol. The molecule has 13 heavy (non-hydrogen) atoms. The lowest BCUT2D eigenvalue weighted by atomic mass is 9.77. The highest BCUT2D eigenvalue weighted by Crippen LogP contribution is 2.48. The average Bonchev–Trinajstić information content (AvgIpc) is 2.73. The van der Waals surface area contributed by atoms with Crippen LogP contribution in [0.3, 0.4) is 0 Å². The van der Waals surface area contributed by atoms with Gasteiger partial charge < -0.3 is 14.7 Å². The van der Waals surface area contributed by atoms with Crippen LogP contribution in [0.4, 0.5) is 0 Å². The zero-order valence-electron chi connectivity index (χ0n) is 7.96. The molecular weight excluding hydrogens is 166 g/mol. The van der Waals surface area contributed by atoms with Crippen molar-refractivity contribution in [2.24, 2.45) is 10.8 Å². The largest absolute Gasteiger partial charge is 0.396 e. The van der Waals surface area contributed by atoms with Crippen molar-refractivity contribution >= 4 is 0 Å². The molecule has 0 bridgehead atoms. The van der Waals surface area contributed by atoms with Crippen molar-refractivity contribution in [3.05, 3.63) is 0 Å².